The maximum Gasteiger partial charge on any atom is 0.351 e. The molecule has 0 aromatic carbocycles. The van der Waals surface area contributed by atoms with E-state index in [1.807, 2.05) is 0 Å². The first kappa shape index (κ1) is 13.9. The number of nitrogen functional groups attached to an aromatic ring is 1. The Kier molecular flexibility index (Phi) is 4.15. The van der Waals surface area contributed by atoms with Crippen LogP contribution in [-0.4, -0.2) is 50.3 Å². The third kappa shape index (κ3) is 2.76. The van der Waals surface area contributed by atoms with Gasteiger partial charge in [-0.15, -0.1) is 0 Å². The number of hydrogen-bond acceptors (Lipinski definition) is 7. The van der Waals surface area contributed by atoms with Gasteiger partial charge in [0.1, 0.15) is 18.1 Å². The summed E-state index contributed by atoms with van der Waals surface area (Å²) in [6, 6.07) is 0. The Morgan fingerprint density at radius 2 is 2.26 bits per heavy atom. The molecule has 0 unspecified atom stereocenters. The van der Waals surface area contributed by atoms with E-state index in [9.17, 15) is 9.90 Å². The number of aromatic nitrogens is 2. The topological polar surface area (TPSA) is 131 Å². The molecule has 1 aliphatic heterocycles. The van der Waals surface area contributed by atoms with Crippen LogP contribution in [0.25, 0.3) is 0 Å². The van der Waals surface area contributed by atoms with Crippen LogP contribution in [-0.2, 0) is 11.2 Å². The number of ether oxygens (including phenoxy) is 1. The van der Waals surface area contributed by atoms with Gasteiger partial charge >= 0.3 is 5.69 Å². The average Bonchev–Trinajstić information content (AvgIpc) is 2.74. The molecule has 106 valence electrons. The lowest BCUT2D eigenvalue weighted by Crippen LogP contribution is -2.29. The van der Waals surface area contributed by atoms with Gasteiger partial charge in [0.2, 0.25) is 0 Å². The van der Waals surface area contributed by atoms with E-state index in [0.717, 1.165) is 0 Å². The van der Waals surface area contributed by atoms with E-state index < -0.39 is 24.1 Å². The lowest BCUT2D eigenvalue weighted by atomic mass is 10.2. The van der Waals surface area contributed by atoms with E-state index in [0.29, 0.717) is 5.56 Å². The maximum absolute atomic E-state index is 11.8. The Balaban J connectivity index is 2.30. The summed E-state index contributed by atoms with van der Waals surface area (Å²) in [5.74, 6) is 0.0764. The smallest absolute Gasteiger partial charge is 0.351 e. The van der Waals surface area contributed by atoms with Gasteiger partial charge in [-0.05, 0) is 0 Å². The number of anilines is 1. The van der Waals surface area contributed by atoms with Gasteiger partial charge in [0.05, 0.1) is 12.7 Å². The van der Waals surface area contributed by atoms with Crippen molar-refractivity contribution in [3.8, 4) is 0 Å². The SMILES string of the molecule is Nc1nc(=O)n([C@H]2C[C@H](O)[C@@H](CO)O2)cc1CCO. The first-order valence-corrected chi connectivity index (χ1v) is 5.99. The summed E-state index contributed by atoms with van der Waals surface area (Å²) >= 11 is 0. The minimum Gasteiger partial charge on any atom is -0.396 e. The number of nitrogens with zero attached hydrogens (tertiary/aromatic N) is 2. The molecule has 1 aromatic rings. The Labute approximate surface area is 109 Å². The minimum absolute atomic E-state index is 0.0764. The predicted octanol–water partition coefficient (Wildman–Crippen LogP) is -2.00. The van der Waals surface area contributed by atoms with Gasteiger partial charge in [-0.3, -0.25) is 4.57 Å². The molecule has 1 aromatic heterocycles. The fraction of sp³-hybridized carbons (Fsp3) is 0.636. The number of aliphatic hydroxyl groups is 3. The van der Waals surface area contributed by atoms with Crippen molar-refractivity contribution in [2.45, 2.75) is 31.3 Å². The minimum atomic E-state index is -0.833. The van der Waals surface area contributed by atoms with Crippen LogP contribution in [0, 0.1) is 0 Å². The fourth-order valence-corrected chi connectivity index (χ4v) is 2.09. The summed E-state index contributed by atoms with van der Waals surface area (Å²) in [4.78, 5) is 15.4. The van der Waals surface area contributed by atoms with Gasteiger partial charge < -0.3 is 25.8 Å². The first-order chi connectivity index (χ1) is 9.06. The van der Waals surface area contributed by atoms with Crippen LogP contribution in [0.2, 0.25) is 0 Å². The third-order valence-corrected chi connectivity index (χ3v) is 3.14. The van der Waals surface area contributed by atoms with Gasteiger partial charge in [-0.2, -0.15) is 4.98 Å². The van der Waals surface area contributed by atoms with Crippen LogP contribution in [0.1, 0.15) is 18.2 Å². The van der Waals surface area contributed by atoms with Gasteiger partial charge in [0.15, 0.2) is 0 Å². The highest BCUT2D eigenvalue weighted by molar-refractivity contribution is 5.36. The summed E-state index contributed by atoms with van der Waals surface area (Å²) in [6.07, 6.45) is -0.299. The van der Waals surface area contributed by atoms with Crippen molar-refractivity contribution in [2.24, 2.45) is 0 Å². The second kappa shape index (κ2) is 5.66. The van der Waals surface area contributed by atoms with Gasteiger partial charge in [0.25, 0.3) is 0 Å². The quantitative estimate of drug-likeness (QED) is 0.498. The lowest BCUT2D eigenvalue weighted by molar-refractivity contribution is -0.0459. The van der Waals surface area contributed by atoms with Crippen molar-refractivity contribution in [3.63, 3.8) is 0 Å². The van der Waals surface area contributed by atoms with Crippen molar-refractivity contribution in [1.29, 1.82) is 0 Å². The highest BCUT2D eigenvalue weighted by Crippen LogP contribution is 2.27. The molecular weight excluding hydrogens is 254 g/mol. The standard InChI is InChI=1S/C11H17N3O5/c12-10-6(1-2-15)4-14(11(18)13-10)9-3-7(17)8(5-16)19-9/h4,7-9,15-17H,1-3,5H2,(H2,12,13,18)/t7-,8+,9+/m0/s1. The number of rotatable bonds is 4. The molecule has 0 radical (unpaired) electrons. The molecule has 1 fully saturated rings. The molecule has 2 heterocycles. The summed E-state index contributed by atoms with van der Waals surface area (Å²) in [7, 11) is 0. The highest BCUT2D eigenvalue weighted by atomic mass is 16.5. The Hall–Kier alpha value is -1.48. The van der Waals surface area contributed by atoms with Crippen LogP contribution >= 0.6 is 0 Å². The van der Waals surface area contributed by atoms with E-state index >= 15 is 0 Å². The molecule has 2 rings (SSSR count). The van der Waals surface area contributed by atoms with E-state index in [1.54, 1.807) is 0 Å². The van der Waals surface area contributed by atoms with Crippen LogP contribution in [0.5, 0.6) is 0 Å². The van der Waals surface area contributed by atoms with Gasteiger partial charge in [-0.25, -0.2) is 4.79 Å². The summed E-state index contributed by atoms with van der Waals surface area (Å²) in [5, 5.41) is 27.6. The number of nitrogens with two attached hydrogens (primary N) is 1. The Bertz CT molecular complexity index is 504. The molecule has 3 atom stereocenters. The van der Waals surface area contributed by atoms with Crippen LogP contribution in [0.4, 0.5) is 5.82 Å². The molecule has 0 saturated carbocycles. The van der Waals surface area contributed by atoms with E-state index in [1.165, 1.54) is 10.8 Å². The van der Waals surface area contributed by atoms with Crippen LogP contribution in [0.15, 0.2) is 11.0 Å². The van der Waals surface area contributed by atoms with Crippen LogP contribution < -0.4 is 11.4 Å². The molecule has 1 aliphatic rings. The monoisotopic (exact) mass is 271 g/mol. The molecule has 0 aliphatic carbocycles. The normalized spacial score (nSPS) is 26.8. The van der Waals surface area contributed by atoms with Crippen LogP contribution in [0.3, 0.4) is 0 Å². The Morgan fingerprint density at radius 1 is 1.53 bits per heavy atom. The second-order valence-electron chi connectivity index (χ2n) is 4.43. The van der Waals surface area contributed by atoms with E-state index in [2.05, 4.69) is 4.98 Å². The van der Waals surface area contributed by atoms with Crippen molar-refractivity contribution >= 4 is 5.82 Å². The van der Waals surface area contributed by atoms with E-state index in [4.69, 9.17) is 20.7 Å². The summed E-state index contributed by atoms with van der Waals surface area (Å²) in [6.45, 7) is -0.435. The first-order valence-electron chi connectivity index (χ1n) is 5.99. The third-order valence-electron chi connectivity index (χ3n) is 3.14. The fourth-order valence-electron chi connectivity index (χ4n) is 2.09. The molecule has 1 saturated heterocycles. The molecule has 5 N–H and O–H groups in total. The molecular formula is C11H17N3O5. The zero-order valence-electron chi connectivity index (χ0n) is 10.3. The zero-order valence-corrected chi connectivity index (χ0v) is 10.3. The van der Waals surface area contributed by atoms with Gasteiger partial charge in [0, 0.05) is 31.2 Å². The molecule has 8 nitrogen and oxygen atoms in total. The number of hydrogen-bond donors (Lipinski definition) is 4. The molecule has 19 heavy (non-hydrogen) atoms. The predicted molar refractivity (Wildman–Crippen MR) is 65.3 cm³/mol. The van der Waals surface area contributed by atoms with Crippen molar-refractivity contribution < 1.29 is 20.1 Å². The lowest BCUT2D eigenvalue weighted by Gasteiger charge is -2.16. The molecule has 0 bridgehead atoms. The van der Waals surface area contributed by atoms with Crippen molar-refractivity contribution in [2.75, 3.05) is 18.9 Å². The summed E-state index contributed by atoms with van der Waals surface area (Å²) in [5.41, 5.74) is 5.54. The van der Waals surface area contributed by atoms with Crippen molar-refractivity contribution in [3.05, 3.63) is 22.2 Å². The number of aliphatic hydroxyl groups excluding tert-OH is 3. The zero-order chi connectivity index (χ0) is 14.0. The average molecular weight is 271 g/mol. The van der Waals surface area contributed by atoms with Crippen molar-refractivity contribution in [1.82, 2.24) is 9.55 Å². The van der Waals surface area contributed by atoms with E-state index in [-0.39, 0.29) is 31.9 Å². The Morgan fingerprint density at radius 3 is 2.84 bits per heavy atom. The second-order valence-corrected chi connectivity index (χ2v) is 4.43. The molecule has 8 heteroatoms. The highest BCUT2D eigenvalue weighted by Gasteiger charge is 2.35. The molecule has 0 amide bonds. The van der Waals surface area contributed by atoms with Gasteiger partial charge in [-0.1, -0.05) is 0 Å². The summed E-state index contributed by atoms with van der Waals surface area (Å²) < 4.78 is 6.60. The maximum atomic E-state index is 11.8. The largest absolute Gasteiger partial charge is 0.396 e. The molecule has 0 spiro atoms.